The molecule has 0 aromatic heterocycles. The first kappa shape index (κ1) is 16.0. The maximum absolute atomic E-state index is 13.0. The maximum Gasteiger partial charge on any atom is 0.179 e. The number of benzene rings is 1. The molecule has 108 valence electrons. The molecule has 0 aliphatic carbocycles. The van der Waals surface area contributed by atoms with E-state index in [2.05, 4.69) is 9.98 Å². The van der Waals surface area contributed by atoms with E-state index < -0.39 is 5.82 Å². The van der Waals surface area contributed by atoms with E-state index >= 15 is 0 Å². The van der Waals surface area contributed by atoms with Crippen LogP contribution in [-0.4, -0.2) is 35.7 Å². The van der Waals surface area contributed by atoms with Crippen LogP contribution in [0, 0.1) is 11.2 Å². The summed E-state index contributed by atoms with van der Waals surface area (Å²) in [5.41, 5.74) is 12.5. The van der Waals surface area contributed by atoms with Crippen molar-refractivity contribution in [1.29, 1.82) is 5.41 Å². The Labute approximate surface area is 119 Å². The number of halogens is 2. The van der Waals surface area contributed by atoms with E-state index in [1.807, 2.05) is 0 Å². The van der Waals surface area contributed by atoms with Gasteiger partial charge in [-0.3, -0.25) is 21.1 Å². The first-order valence-electron chi connectivity index (χ1n) is 5.52. The van der Waals surface area contributed by atoms with Gasteiger partial charge in [-0.1, -0.05) is 11.6 Å². The molecule has 0 amide bonds. The molecule has 1 aromatic rings. The number of hydrogen-bond acceptors (Lipinski definition) is 5. The second-order valence-corrected chi connectivity index (χ2v) is 4.01. The summed E-state index contributed by atoms with van der Waals surface area (Å²) in [6.45, 7) is 0.524. The lowest BCUT2D eigenvalue weighted by Gasteiger charge is -2.06. The molecule has 0 saturated carbocycles. The van der Waals surface area contributed by atoms with Crippen molar-refractivity contribution in [3.05, 3.63) is 29.0 Å². The normalized spacial score (nSPS) is 12.4. The van der Waals surface area contributed by atoms with Gasteiger partial charge in [-0.25, -0.2) is 9.38 Å². The van der Waals surface area contributed by atoms with Crippen LogP contribution in [0.2, 0.25) is 5.02 Å². The smallest absolute Gasteiger partial charge is 0.179 e. The summed E-state index contributed by atoms with van der Waals surface area (Å²) in [5.74, 6) is -0.974. The maximum atomic E-state index is 13.0. The van der Waals surface area contributed by atoms with Crippen LogP contribution in [0.25, 0.3) is 0 Å². The van der Waals surface area contributed by atoms with Gasteiger partial charge in [0.25, 0.3) is 0 Å². The number of aliphatic imine (C=N–C) groups is 2. The van der Waals surface area contributed by atoms with E-state index in [1.54, 1.807) is 5.48 Å². The first-order valence-corrected chi connectivity index (χ1v) is 5.90. The molecular weight excluding hydrogens is 287 g/mol. The molecule has 0 saturated heterocycles. The largest absolute Gasteiger partial charge is 0.382 e. The van der Waals surface area contributed by atoms with Gasteiger partial charge in [0, 0.05) is 6.54 Å². The minimum absolute atomic E-state index is 0.125. The van der Waals surface area contributed by atoms with Gasteiger partial charge in [0.05, 0.1) is 17.3 Å². The number of nitrogens with two attached hydrogens (primary N) is 2. The minimum atomic E-state index is -0.594. The molecule has 0 aliphatic rings. The van der Waals surface area contributed by atoms with E-state index in [9.17, 15) is 4.39 Å². The number of hydrogen-bond donors (Lipinski definition) is 5. The minimum Gasteiger partial charge on any atom is -0.382 e. The second-order valence-electron chi connectivity index (χ2n) is 3.60. The summed E-state index contributed by atoms with van der Waals surface area (Å²) in [6.07, 6.45) is 0. The molecule has 0 spiro atoms. The summed E-state index contributed by atoms with van der Waals surface area (Å²) < 4.78 is 13.0. The Morgan fingerprint density at radius 3 is 2.75 bits per heavy atom. The van der Waals surface area contributed by atoms with E-state index in [-0.39, 0.29) is 41.2 Å². The van der Waals surface area contributed by atoms with Crippen molar-refractivity contribution < 1.29 is 9.60 Å². The quantitative estimate of drug-likeness (QED) is 0.313. The van der Waals surface area contributed by atoms with Gasteiger partial charge in [0.2, 0.25) is 0 Å². The Morgan fingerprint density at radius 1 is 1.50 bits per heavy atom. The number of amidine groups is 2. The molecule has 0 unspecified atom stereocenters. The fourth-order valence-electron chi connectivity index (χ4n) is 1.21. The highest BCUT2D eigenvalue weighted by Gasteiger charge is 2.11. The topological polar surface area (TPSA) is 133 Å². The van der Waals surface area contributed by atoms with E-state index in [0.717, 1.165) is 6.07 Å². The monoisotopic (exact) mass is 300 g/mol. The van der Waals surface area contributed by atoms with Crippen molar-refractivity contribution in [2.75, 3.05) is 13.1 Å². The number of nitrogens with one attached hydrogen (secondary N) is 2. The van der Waals surface area contributed by atoms with Crippen LogP contribution in [0.3, 0.4) is 0 Å². The molecule has 0 fully saturated rings. The highest BCUT2D eigenvalue weighted by Crippen LogP contribution is 2.21. The van der Waals surface area contributed by atoms with Crippen molar-refractivity contribution in [2.24, 2.45) is 21.5 Å². The number of nitrogens with zero attached hydrogens (tertiary/aromatic N) is 2. The lowest BCUT2D eigenvalue weighted by molar-refractivity contribution is 0.237. The van der Waals surface area contributed by atoms with E-state index in [4.69, 9.17) is 33.7 Å². The van der Waals surface area contributed by atoms with Gasteiger partial charge < -0.3 is 11.5 Å². The lowest BCUT2D eigenvalue weighted by atomic mass is 10.3. The number of rotatable bonds is 5. The Balaban J connectivity index is 3.02. The standard InChI is InChI=1S/C11H14ClFN6O/c12-7-5-6(1-2-8(7)13)18-11(19-20)9(15)10(16)17-4-3-14/h1-2,5,15,20H,3-4,14H2,(H2,16,17)(H,18,19). The molecule has 1 rings (SSSR count). The zero-order chi connectivity index (χ0) is 15.1. The molecular formula is C11H14ClFN6O. The van der Waals surface area contributed by atoms with Gasteiger partial charge in [-0.05, 0) is 18.2 Å². The fourth-order valence-corrected chi connectivity index (χ4v) is 1.38. The zero-order valence-electron chi connectivity index (χ0n) is 10.4. The zero-order valence-corrected chi connectivity index (χ0v) is 11.2. The van der Waals surface area contributed by atoms with Gasteiger partial charge in [-0.2, -0.15) is 0 Å². The predicted octanol–water partition coefficient (Wildman–Crippen LogP) is 0.824. The van der Waals surface area contributed by atoms with Crippen LogP contribution in [0.1, 0.15) is 0 Å². The van der Waals surface area contributed by atoms with Crippen LogP contribution in [0.15, 0.2) is 28.2 Å². The van der Waals surface area contributed by atoms with Crippen LogP contribution in [0.4, 0.5) is 10.1 Å². The Kier molecular flexibility index (Phi) is 6.04. The Morgan fingerprint density at radius 2 is 2.20 bits per heavy atom. The molecule has 9 heteroatoms. The summed E-state index contributed by atoms with van der Waals surface area (Å²) in [6, 6.07) is 3.69. The molecule has 0 atom stereocenters. The van der Waals surface area contributed by atoms with Crippen LogP contribution in [-0.2, 0) is 0 Å². The average molecular weight is 301 g/mol. The van der Waals surface area contributed by atoms with Crippen LogP contribution < -0.4 is 16.9 Å². The molecule has 0 bridgehead atoms. The highest BCUT2D eigenvalue weighted by molar-refractivity contribution is 6.66. The van der Waals surface area contributed by atoms with Crippen LogP contribution in [0.5, 0.6) is 0 Å². The molecule has 7 nitrogen and oxygen atoms in total. The van der Waals surface area contributed by atoms with Crippen molar-refractivity contribution in [1.82, 2.24) is 5.48 Å². The molecule has 0 heterocycles. The van der Waals surface area contributed by atoms with Gasteiger partial charge >= 0.3 is 0 Å². The third-order valence-electron chi connectivity index (χ3n) is 2.15. The molecule has 20 heavy (non-hydrogen) atoms. The molecule has 0 aliphatic heterocycles. The molecule has 0 radical (unpaired) electrons. The molecule has 1 aromatic carbocycles. The van der Waals surface area contributed by atoms with Gasteiger partial charge in [0.1, 0.15) is 17.4 Å². The first-order chi connectivity index (χ1) is 9.49. The molecule has 7 N–H and O–H groups in total. The summed E-state index contributed by atoms with van der Waals surface area (Å²) in [7, 11) is 0. The third-order valence-corrected chi connectivity index (χ3v) is 2.44. The Hall–Kier alpha value is -2.03. The number of hydroxylamine groups is 1. The average Bonchev–Trinajstić information content (AvgIpc) is 2.45. The lowest BCUT2D eigenvalue weighted by Crippen LogP contribution is -2.38. The SMILES string of the molecule is N=C(C(N)=NCCN)C(=Nc1ccc(F)c(Cl)c1)NO. The second kappa shape index (κ2) is 7.53. The Bertz CT molecular complexity index is 560. The van der Waals surface area contributed by atoms with Crippen molar-refractivity contribution in [3.63, 3.8) is 0 Å². The highest BCUT2D eigenvalue weighted by atomic mass is 35.5. The van der Waals surface area contributed by atoms with E-state index in [1.165, 1.54) is 12.1 Å². The fraction of sp³-hybridized carbons (Fsp3) is 0.182. The summed E-state index contributed by atoms with van der Waals surface area (Å²) >= 11 is 5.61. The van der Waals surface area contributed by atoms with Gasteiger partial charge in [0.15, 0.2) is 5.84 Å². The third kappa shape index (κ3) is 4.26. The summed E-state index contributed by atoms with van der Waals surface area (Å²) in [5, 5.41) is 16.6. The van der Waals surface area contributed by atoms with Crippen LogP contribution >= 0.6 is 11.6 Å². The van der Waals surface area contributed by atoms with Crippen molar-refractivity contribution in [3.8, 4) is 0 Å². The van der Waals surface area contributed by atoms with Gasteiger partial charge in [-0.15, -0.1) is 0 Å². The van der Waals surface area contributed by atoms with E-state index in [0.29, 0.717) is 0 Å². The van der Waals surface area contributed by atoms with Crippen molar-refractivity contribution >= 4 is 34.7 Å². The van der Waals surface area contributed by atoms with Crippen molar-refractivity contribution in [2.45, 2.75) is 0 Å². The summed E-state index contributed by atoms with van der Waals surface area (Å²) in [4.78, 5) is 7.71. The predicted molar refractivity (Wildman–Crippen MR) is 76.7 cm³/mol.